The molecule has 0 saturated carbocycles. The lowest BCUT2D eigenvalue weighted by atomic mass is 10.1. The predicted molar refractivity (Wildman–Crippen MR) is 90.7 cm³/mol. The Kier molecular flexibility index (Phi) is 5.61. The normalized spacial score (nSPS) is 17.6. The molecule has 0 aliphatic carbocycles. The van der Waals surface area contributed by atoms with E-state index in [0.717, 1.165) is 3.57 Å². The molecule has 0 bridgehead atoms. The van der Waals surface area contributed by atoms with E-state index in [1.54, 1.807) is 19.1 Å². The smallest absolute Gasteiger partial charge is 0.251 e. The molecular formula is C14H19IN2O3S. The number of carbonyl (C=O) groups excluding carboxylic acids is 1. The third-order valence-corrected chi connectivity index (χ3v) is 6.25. The molecule has 0 radical (unpaired) electrons. The van der Waals surface area contributed by atoms with E-state index in [1.807, 2.05) is 12.1 Å². The number of sulfonamides is 1. The van der Waals surface area contributed by atoms with Crippen molar-refractivity contribution in [1.29, 1.82) is 0 Å². The summed E-state index contributed by atoms with van der Waals surface area (Å²) in [6, 6.07) is 7.43. The maximum atomic E-state index is 12.1. The molecule has 0 aromatic heterocycles. The molecule has 1 fully saturated rings. The Balaban J connectivity index is 1.89. The van der Waals surface area contributed by atoms with Crippen LogP contribution in [-0.4, -0.2) is 43.5 Å². The van der Waals surface area contributed by atoms with Crippen molar-refractivity contribution in [3.63, 3.8) is 0 Å². The number of hydrogen-bond donors (Lipinski definition) is 1. The summed E-state index contributed by atoms with van der Waals surface area (Å²) in [6.45, 7) is 2.61. The van der Waals surface area contributed by atoms with E-state index in [9.17, 15) is 13.2 Å². The molecule has 21 heavy (non-hydrogen) atoms. The first-order valence-corrected chi connectivity index (χ1v) is 9.65. The van der Waals surface area contributed by atoms with Crippen LogP contribution in [0.3, 0.4) is 0 Å². The quantitative estimate of drug-likeness (QED) is 0.754. The van der Waals surface area contributed by atoms with Gasteiger partial charge in [-0.3, -0.25) is 4.79 Å². The molecule has 1 aromatic carbocycles. The van der Waals surface area contributed by atoms with Gasteiger partial charge in [0.25, 0.3) is 5.91 Å². The van der Waals surface area contributed by atoms with Gasteiger partial charge in [0.1, 0.15) is 0 Å². The minimum Gasteiger partial charge on any atom is -0.349 e. The summed E-state index contributed by atoms with van der Waals surface area (Å²) in [4.78, 5) is 12.1. The summed E-state index contributed by atoms with van der Waals surface area (Å²) in [5.74, 6) is 0.0374. The van der Waals surface area contributed by atoms with Gasteiger partial charge in [0, 0.05) is 28.3 Å². The third kappa shape index (κ3) is 4.40. The first-order chi connectivity index (χ1) is 9.92. The molecule has 1 N–H and O–H groups in total. The lowest BCUT2D eigenvalue weighted by Crippen LogP contribution is -2.46. The number of nitrogens with zero attached hydrogens (tertiary/aromatic N) is 1. The standard InChI is InChI=1S/C14H19IN2O3S/c1-2-21(19,20)17-9-7-13(8-10-17)16-14(18)11-3-5-12(15)6-4-11/h3-6,13H,2,7-10H2,1H3,(H,16,18). The maximum Gasteiger partial charge on any atom is 0.251 e. The highest BCUT2D eigenvalue weighted by molar-refractivity contribution is 14.1. The van der Waals surface area contributed by atoms with Crippen LogP contribution in [0.1, 0.15) is 30.1 Å². The molecule has 1 saturated heterocycles. The summed E-state index contributed by atoms with van der Waals surface area (Å²) in [7, 11) is -3.11. The van der Waals surface area contributed by atoms with Crippen LogP contribution >= 0.6 is 22.6 Å². The first kappa shape index (κ1) is 16.7. The maximum absolute atomic E-state index is 12.1. The molecule has 2 rings (SSSR count). The highest BCUT2D eigenvalue weighted by Crippen LogP contribution is 2.15. The SMILES string of the molecule is CCS(=O)(=O)N1CCC(NC(=O)c2ccc(I)cc2)CC1. The predicted octanol–water partition coefficient (Wildman–Crippen LogP) is 1.84. The van der Waals surface area contributed by atoms with Crippen molar-refractivity contribution in [2.24, 2.45) is 0 Å². The summed E-state index contributed by atoms with van der Waals surface area (Å²) >= 11 is 2.19. The van der Waals surface area contributed by atoms with Crippen LogP contribution < -0.4 is 5.32 Å². The zero-order chi connectivity index (χ0) is 15.5. The van der Waals surface area contributed by atoms with Gasteiger partial charge in [-0.15, -0.1) is 0 Å². The van der Waals surface area contributed by atoms with Gasteiger partial charge in [-0.2, -0.15) is 0 Å². The Bertz CT molecular complexity index is 593. The number of amides is 1. The zero-order valence-electron chi connectivity index (χ0n) is 11.9. The molecule has 1 aliphatic rings. The van der Waals surface area contributed by atoms with Crippen molar-refractivity contribution in [3.05, 3.63) is 33.4 Å². The van der Waals surface area contributed by atoms with Crippen molar-refractivity contribution < 1.29 is 13.2 Å². The fourth-order valence-electron chi connectivity index (χ4n) is 2.33. The van der Waals surface area contributed by atoms with Gasteiger partial charge in [-0.05, 0) is 66.6 Å². The van der Waals surface area contributed by atoms with Crippen LogP contribution in [0.2, 0.25) is 0 Å². The summed E-state index contributed by atoms with van der Waals surface area (Å²) in [5, 5.41) is 2.98. The molecule has 7 heteroatoms. The van der Waals surface area contributed by atoms with Gasteiger partial charge in [-0.1, -0.05) is 0 Å². The van der Waals surface area contributed by atoms with Crippen LogP contribution in [-0.2, 0) is 10.0 Å². The second kappa shape index (κ2) is 7.06. The van der Waals surface area contributed by atoms with Crippen LogP contribution in [0.15, 0.2) is 24.3 Å². The van der Waals surface area contributed by atoms with Gasteiger partial charge >= 0.3 is 0 Å². The van der Waals surface area contributed by atoms with Crippen LogP contribution in [0.25, 0.3) is 0 Å². The fourth-order valence-corrected chi connectivity index (χ4v) is 3.82. The summed E-state index contributed by atoms with van der Waals surface area (Å²) < 4.78 is 26.1. The van der Waals surface area contributed by atoms with E-state index in [4.69, 9.17) is 0 Å². The van der Waals surface area contributed by atoms with E-state index in [2.05, 4.69) is 27.9 Å². The molecule has 0 unspecified atom stereocenters. The minimum absolute atomic E-state index is 0.0417. The molecule has 1 amide bonds. The van der Waals surface area contributed by atoms with Gasteiger partial charge in [-0.25, -0.2) is 12.7 Å². The molecule has 0 atom stereocenters. The largest absolute Gasteiger partial charge is 0.349 e. The van der Waals surface area contributed by atoms with E-state index >= 15 is 0 Å². The van der Waals surface area contributed by atoms with Crippen LogP contribution in [0.4, 0.5) is 0 Å². The fraction of sp³-hybridized carbons (Fsp3) is 0.500. The molecule has 5 nitrogen and oxygen atoms in total. The Morgan fingerprint density at radius 1 is 1.29 bits per heavy atom. The highest BCUT2D eigenvalue weighted by Gasteiger charge is 2.27. The van der Waals surface area contributed by atoms with Crippen molar-refractivity contribution >= 4 is 38.5 Å². The Labute approximate surface area is 139 Å². The lowest BCUT2D eigenvalue weighted by molar-refractivity contribution is 0.0924. The molecular weight excluding hydrogens is 403 g/mol. The van der Waals surface area contributed by atoms with Crippen molar-refractivity contribution in [1.82, 2.24) is 9.62 Å². The Morgan fingerprint density at radius 3 is 2.38 bits per heavy atom. The molecule has 1 aliphatic heterocycles. The van der Waals surface area contributed by atoms with E-state index in [-0.39, 0.29) is 17.7 Å². The third-order valence-electron chi connectivity index (χ3n) is 3.65. The summed E-state index contributed by atoms with van der Waals surface area (Å²) in [6.07, 6.45) is 1.32. The molecule has 1 heterocycles. The van der Waals surface area contributed by atoms with Crippen molar-refractivity contribution in [2.75, 3.05) is 18.8 Å². The number of benzene rings is 1. The number of carbonyl (C=O) groups is 1. The summed E-state index contributed by atoms with van der Waals surface area (Å²) in [5.41, 5.74) is 0.638. The van der Waals surface area contributed by atoms with Crippen LogP contribution in [0.5, 0.6) is 0 Å². The van der Waals surface area contributed by atoms with Crippen LogP contribution in [0, 0.1) is 3.57 Å². The average Bonchev–Trinajstić information content (AvgIpc) is 2.48. The monoisotopic (exact) mass is 422 g/mol. The lowest BCUT2D eigenvalue weighted by Gasteiger charge is -2.31. The average molecular weight is 422 g/mol. The number of nitrogens with one attached hydrogen (secondary N) is 1. The topological polar surface area (TPSA) is 66.5 Å². The second-order valence-corrected chi connectivity index (χ2v) is 8.56. The van der Waals surface area contributed by atoms with Gasteiger partial charge < -0.3 is 5.32 Å². The van der Waals surface area contributed by atoms with Gasteiger partial charge in [0.15, 0.2) is 0 Å². The second-order valence-electron chi connectivity index (χ2n) is 5.05. The molecule has 116 valence electrons. The van der Waals surface area contributed by atoms with Gasteiger partial charge in [0.2, 0.25) is 10.0 Å². The minimum atomic E-state index is -3.11. The number of hydrogen-bond acceptors (Lipinski definition) is 3. The molecule has 0 spiro atoms. The highest BCUT2D eigenvalue weighted by atomic mass is 127. The first-order valence-electron chi connectivity index (χ1n) is 6.96. The van der Waals surface area contributed by atoms with Gasteiger partial charge in [0.05, 0.1) is 5.75 Å². The molecule has 1 aromatic rings. The number of piperidine rings is 1. The van der Waals surface area contributed by atoms with Crippen molar-refractivity contribution in [2.45, 2.75) is 25.8 Å². The number of halogens is 1. The number of rotatable bonds is 4. The zero-order valence-corrected chi connectivity index (χ0v) is 14.9. The Morgan fingerprint density at radius 2 is 1.86 bits per heavy atom. The van der Waals surface area contributed by atoms with E-state index in [0.29, 0.717) is 31.5 Å². The van der Waals surface area contributed by atoms with Crippen molar-refractivity contribution in [3.8, 4) is 0 Å². The van der Waals surface area contributed by atoms with E-state index in [1.165, 1.54) is 4.31 Å². The Hall–Kier alpha value is -0.670. The van der Waals surface area contributed by atoms with E-state index < -0.39 is 10.0 Å².